The highest BCUT2D eigenvalue weighted by Gasteiger charge is 2.10. The number of hydrogen-bond acceptors (Lipinski definition) is 5. The first-order chi connectivity index (χ1) is 8.29. The predicted octanol–water partition coefficient (Wildman–Crippen LogP) is 0.863. The molecule has 6 nitrogen and oxygen atoms in total. The Hall–Kier alpha value is -1.12. The van der Waals surface area contributed by atoms with Crippen LogP contribution in [-0.2, 0) is 13.1 Å². The van der Waals surface area contributed by atoms with Gasteiger partial charge in [-0.2, -0.15) is 0 Å². The van der Waals surface area contributed by atoms with Crippen molar-refractivity contribution in [2.75, 3.05) is 20.1 Å². The molecule has 0 saturated carbocycles. The fraction of sp³-hybridized carbons (Fsp3) is 0.545. The Morgan fingerprint density at radius 3 is 3.11 bits per heavy atom. The molecule has 1 aliphatic heterocycles. The summed E-state index contributed by atoms with van der Waals surface area (Å²) in [5.74, 6) is 0.939. The molecule has 0 amide bonds. The van der Waals surface area contributed by atoms with E-state index in [-0.39, 0.29) is 24.0 Å². The van der Waals surface area contributed by atoms with Crippen LogP contribution in [0.4, 0.5) is 0 Å². The number of guanidine groups is 1. The number of aromatic nitrogens is 3. The average Bonchev–Trinajstić information content (AvgIpc) is 2.76. The van der Waals surface area contributed by atoms with Crippen LogP contribution in [0, 0.1) is 0 Å². The Morgan fingerprint density at radius 1 is 1.56 bits per heavy atom. The first-order valence-corrected chi connectivity index (χ1v) is 5.79. The van der Waals surface area contributed by atoms with Crippen LogP contribution in [0.25, 0.3) is 0 Å². The summed E-state index contributed by atoms with van der Waals surface area (Å²) < 4.78 is 1.76. The molecule has 0 fully saturated rings. The minimum absolute atomic E-state index is 0. The molecule has 2 rings (SSSR count). The summed E-state index contributed by atoms with van der Waals surface area (Å²) in [7, 11) is 2.04. The number of allylic oxidation sites excluding steroid dienone is 1. The van der Waals surface area contributed by atoms with Crippen LogP contribution >= 0.6 is 24.0 Å². The van der Waals surface area contributed by atoms with Crippen LogP contribution in [0.2, 0.25) is 0 Å². The van der Waals surface area contributed by atoms with Gasteiger partial charge in [-0.25, -0.2) is 4.68 Å². The van der Waals surface area contributed by atoms with Gasteiger partial charge >= 0.3 is 0 Å². The maximum atomic E-state index is 4.43. The lowest BCUT2D eigenvalue weighted by molar-refractivity contribution is 0.445. The van der Waals surface area contributed by atoms with E-state index in [4.69, 9.17) is 0 Å². The quantitative estimate of drug-likeness (QED) is 0.638. The number of rotatable bonds is 4. The zero-order valence-corrected chi connectivity index (χ0v) is 12.9. The molecule has 0 unspecified atom stereocenters. The molecule has 1 N–H and O–H groups in total. The lowest BCUT2D eigenvalue weighted by Gasteiger charge is -2.25. The molecule has 0 saturated heterocycles. The van der Waals surface area contributed by atoms with Crippen molar-refractivity contribution >= 4 is 29.9 Å². The SMILES string of the molecule is C=CCn1cc(CNC2=NCCCN2C)nn1.I. The second-order valence-electron chi connectivity index (χ2n) is 4.05. The van der Waals surface area contributed by atoms with E-state index in [0.717, 1.165) is 31.2 Å². The smallest absolute Gasteiger partial charge is 0.193 e. The molecule has 0 atom stereocenters. The Morgan fingerprint density at radius 2 is 2.39 bits per heavy atom. The van der Waals surface area contributed by atoms with Gasteiger partial charge in [0.25, 0.3) is 0 Å². The Balaban J connectivity index is 0.00000162. The van der Waals surface area contributed by atoms with E-state index >= 15 is 0 Å². The fourth-order valence-corrected chi connectivity index (χ4v) is 1.72. The molecule has 0 radical (unpaired) electrons. The summed E-state index contributed by atoms with van der Waals surface area (Å²) in [6.45, 7) is 6.96. The van der Waals surface area contributed by atoms with Gasteiger partial charge in [-0.05, 0) is 6.42 Å². The van der Waals surface area contributed by atoms with E-state index in [1.54, 1.807) is 10.8 Å². The highest BCUT2D eigenvalue weighted by atomic mass is 127. The van der Waals surface area contributed by atoms with E-state index in [1.807, 2.05) is 13.2 Å². The predicted molar refractivity (Wildman–Crippen MR) is 82.0 cm³/mol. The van der Waals surface area contributed by atoms with Gasteiger partial charge in [0.2, 0.25) is 0 Å². The number of halogens is 1. The van der Waals surface area contributed by atoms with Crippen molar-refractivity contribution in [3.05, 3.63) is 24.5 Å². The largest absolute Gasteiger partial charge is 0.350 e. The van der Waals surface area contributed by atoms with Crippen LogP contribution in [0.15, 0.2) is 23.8 Å². The zero-order chi connectivity index (χ0) is 12.1. The Kier molecular flexibility index (Phi) is 6.10. The molecule has 1 aromatic rings. The second-order valence-corrected chi connectivity index (χ2v) is 4.05. The second kappa shape index (κ2) is 7.34. The van der Waals surface area contributed by atoms with Crippen molar-refractivity contribution < 1.29 is 0 Å². The van der Waals surface area contributed by atoms with Crippen molar-refractivity contribution in [2.45, 2.75) is 19.5 Å². The number of aliphatic imine (C=N–C) groups is 1. The van der Waals surface area contributed by atoms with E-state index in [1.165, 1.54) is 0 Å². The van der Waals surface area contributed by atoms with Crippen LogP contribution in [0.1, 0.15) is 12.1 Å². The van der Waals surface area contributed by atoms with E-state index in [9.17, 15) is 0 Å². The third-order valence-electron chi connectivity index (χ3n) is 2.60. The van der Waals surface area contributed by atoms with E-state index < -0.39 is 0 Å². The van der Waals surface area contributed by atoms with E-state index in [2.05, 4.69) is 32.1 Å². The molecular formula is C11H19IN6. The number of nitrogens with zero attached hydrogens (tertiary/aromatic N) is 5. The molecule has 7 heteroatoms. The highest BCUT2D eigenvalue weighted by molar-refractivity contribution is 14.0. The minimum Gasteiger partial charge on any atom is -0.350 e. The standard InChI is InChI=1S/C11H18N6.HI/c1-3-6-17-9-10(14-15-17)8-13-11-12-5-4-7-16(11)2;/h3,9H,1,4-8H2,2H3,(H,12,13);1H. The average molecular weight is 362 g/mol. The third kappa shape index (κ3) is 3.97. The van der Waals surface area contributed by atoms with Gasteiger partial charge in [0, 0.05) is 20.1 Å². The fourth-order valence-electron chi connectivity index (χ4n) is 1.72. The lowest BCUT2D eigenvalue weighted by atomic mass is 10.3. The first kappa shape index (κ1) is 14.9. The van der Waals surface area contributed by atoms with Gasteiger partial charge in [-0.15, -0.1) is 35.7 Å². The third-order valence-corrected chi connectivity index (χ3v) is 2.60. The number of hydrogen-bond donors (Lipinski definition) is 1. The molecule has 1 aliphatic rings. The Bertz CT molecular complexity index is 413. The van der Waals surface area contributed by atoms with Gasteiger partial charge in [0.05, 0.1) is 19.3 Å². The van der Waals surface area contributed by atoms with Crippen LogP contribution in [0.5, 0.6) is 0 Å². The summed E-state index contributed by atoms with van der Waals surface area (Å²) in [5, 5.41) is 11.3. The summed E-state index contributed by atoms with van der Waals surface area (Å²) in [6, 6.07) is 0. The van der Waals surface area contributed by atoms with Crippen molar-refractivity contribution in [2.24, 2.45) is 4.99 Å². The maximum Gasteiger partial charge on any atom is 0.193 e. The van der Waals surface area contributed by atoms with Gasteiger partial charge < -0.3 is 10.2 Å². The summed E-state index contributed by atoms with van der Waals surface area (Å²) in [4.78, 5) is 6.55. The minimum atomic E-state index is 0. The first-order valence-electron chi connectivity index (χ1n) is 5.79. The monoisotopic (exact) mass is 362 g/mol. The molecule has 18 heavy (non-hydrogen) atoms. The van der Waals surface area contributed by atoms with Crippen molar-refractivity contribution in [1.29, 1.82) is 0 Å². The molecule has 2 heterocycles. The number of nitrogens with one attached hydrogen (secondary N) is 1. The summed E-state index contributed by atoms with van der Waals surface area (Å²) in [5.41, 5.74) is 0.911. The van der Waals surface area contributed by atoms with Gasteiger partial charge in [0.1, 0.15) is 5.69 Å². The molecular weight excluding hydrogens is 343 g/mol. The van der Waals surface area contributed by atoms with Gasteiger partial charge in [-0.3, -0.25) is 4.99 Å². The molecule has 0 spiro atoms. The summed E-state index contributed by atoms with van der Waals surface area (Å²) in [6.07, 6.45) is 4.83. The summed E-state index contributed by atoms with van der Waals surface area (Å²) >= 11 is 0. The van der Waals surface area contributed by atoms with Gasteiger partial charge in [-0.1, -0.05) is 11.3 Å². The molecule has 0 bridgehead atoms. The zero-order valence-electron chi connectivity index (χ0n) is 10.5. The Labute approximate surface area is 124 Å². The maximum absolute atomic E-state index is 4.43. The molecule has 1 aromatic heterocycles. The van der Waals surface area contributed by atoms with Crippen LogP contribution in [0.3, 0.4) is 0 Å². The normalized spacial score (nSPS) is 14.7. The topological polar surface area (TPSA) is 58.3 Å². The molecule has 0 aromatic carbocycles. The van der Waals surface area contributed by atoms with Crippen LogP contribution in [-0.4, -0.2) is 46.0 Å². The van der Waals surface area contributed by atoms with E-state index in [0.29, 0.717) is 13.1 Å². The molecule has 100 valence electrons. The van der Waals surface area contributed by atoms with Crippen molar-refractivity contribution in [3.8, 4) is 0 Å². The molecule has 0 aliphatic carbocycles. The van der Waals surface area contributed by atoms with Crippen molar-refractivity contribution in [1.82, 2.24) is 25.2 Å². The van der Waals surface area contributed by atoms with Gasteiger partial charge in [0.15, 0.2) is 5.96 Å². The van der Waals surface area contributed by atoms with Crippen molar-refractivity contribution in [3.63, 3.8) is 0 Å². The highest BCUT2D eigenvalue weighted by Crippen LogP contribution is 1.99. The van der Waals surface area contributed by atoms with Crippen LogP contribution < -0.4 is 5.32 Å². The lowest BCUT2D eigenvalue weighted by Crippen LogP contribution is -2.41.